The van der Waals surface area contributed by atoms with Gasteiger partial charge in [-0.2, -0.15) is 0 Å². The molecule has 4 amide bonds. The summed E-state index contributed by atoms with van der Waals surface area (Å²) < 4.78 is 0. The van der Waals surface area contributed by atoms with Crippen LogP contribution in [-0.4, -0.2) is 37.0 Å². The van der Waals surface area contributed by atoms with Gasteiger partial charge in [0.15, 0.2) is 0 Å². The molecule has 1 aromatic carbocycles. The number of amides is 4. The summed E-state index contributed by atoms with van der Waals surface area (Å²) in [5, 5.41) is 7.78. The number of urea groups is 1. The molecule has 1 fully saturated rings. The molecule has 0 bridgehead atoms. The largest absolute Gasteiger partial charge is 0.374 e. The van der Waals surface area contributed by atoms with E-state index in [-0.39, 0.29) is 5.91 Å². The quantitative estimate of drug-likeness (QED) is 0.766. The van der Waals surface area contributed by atoms with Crippen molar-refractivity contribution in [2.75, 3.05) is 23.3 Å². The molecule has 1 unspecified atom stereocenters. The van der Waals surface area contributed by atoms with Gasteiger partial charge in [0.25, 0.3) is 0 Å². The number of carbonyl (C=O) groups is 3. The minimum Gasteiger partial charge on any atom is -0.374 e. The smallest absolute Gasteiger partial charge is 0.321 e. The summed E-state index contributed by atoms with van der Waals surface area (Å²) in [5.41, 5.74) is 1.61. The Balaban J connectivity index is 1.91. The first kappa shape index (κ1) is 16.8. The van der Waals surface area contributed by atoms with Crippen molar-refractivity contribution in [1.29, 1.82) is 0 Å². The summed E-state index contributed by atoms with van der Waals surface area (Å²) >= 11 is 0. The number of imide groups is 1. The minimum absolute atomic E-state index is 0.139. The Morgan fingerprint density at radius 3 is 2.52 bits per heavy atom. The Bertz CT molecular complexity index is 585. The maximum absolute atomic E-state index is 11.9. The fourth-order valence-electron chi connectivity index (χ4n) is 2.40. The predicted molar refractivity (Wildman–Crippen MR) is 88.3 cm³/mol. The molecule has 0 radical (unpaired) electrons. The third-order valence-corrected chi connectivity index (χ3v) is 3.60. The summed E-state index contributed by atoms with van der Waals surface area (Å²) in [6.45, 7) is 4.65. The highest BCUT2D eigenvalue weighted by molar-refractivity contribution is 5.98. The van der Waals surface area contributed by atoms with Crippen LogP contribution in [0.4, 0.5) is 16.2 Å². The van der Waals surface area contributed by atoms with E-state index >= 15 is 0 Å². The van der Waals surface area contributed by atoms with E-state index in [2.05, 4.69) is 16.0 Å². The molecule has 0 saturated carbocycles. The number of rotatable bonds is 5. The molecular weight excluding hydrogens is 296 g/mol. The van der Waals surface area contributed by atoms with Crippen LogP contribution >= 0.6 is 0 Å². The Morgan fingerprint density at radius 2 is 1.96 bits per heavy atom. The van der Waals surface area contributed by atoms with Crippen molar-refractivity contribution in [1.82, 2.24) is 10.6 Å². The van der Waals surface area contributed by atoms with Gasteiger partial charge in [-0.3, -0.25) is 14.9 Å². The van der Waals surface area contributed by atoms with Gasteiger partial charge in [0.05, 0.1) is 0 Å². The summed E-state index contributed by atoms with van der Waals surface area (Å²) in [7, 11) is 0. The number of nitrogens with one attached hydrogen (secondary N) is 3. The van der Waals surface area contributed by atoms with Crippen LogP contribution in [0.5, 0.6) is 0 Å². The zero-order valence-electron chi connectivity index (χ0n) is 13.4. The molecule has 1 aliphatic rings. The molecule has 124 valence electrons. The van der Waals surface area contributed by atoms with Gasteiger partial charge in [-0.1, -0.05) is 0 Å². The number of hydrogen-bond donors (Lipinski definition) is 3. The van der Waals surface area contributed by atoms with Crippen molar-refractivity contribution in [3.05, 3.63) is 24.3 Å². The number of carbonyl (C=O) groups excluding carboxylic acids is 3. The number of nitrogens with zero attached hydrogens (tertiary/aromatic N) is 1. The Kier molecular flexibility index (Phi) is 5.56. The van der Waals surface area contributed by atoms with Gasteiger partial charge in [0.1, 0.15) is 6.04 Å². The fraction of sp³-hybridized carbons (Fsp3) is 0.438. The topological polar surface area (TPSA) is 90.5 Å². The van der Waals surface area contributed by atoms with E-state index in [1.807, 2.05) is 24.3 Å². The van der Waals surface area contributed by atoms with E-state index in [4.69, 9.17) is 0 Å². The summed E-state index contributed by atoms with van der Waals surface area (Å²) in [5.74, 6) is -0.268. The Morgan fingerprint density at radius 1 is 1.26 bits per heavy atom. The van der Waals surface area contributed by atoms with Crippen molar-refractivity contribution in [3.63, 3.8) is 0 Å². The molecule has 3 N–H and O–H groups in total. The Hall–Kier alpha value is -2.57. The van der Waals surface area contributed by atoms with Crippen molar-refractivity contribution >= 4 is 29.2 Å². The molecule has 0 aromatic heterocycles. The molecule has 7 nitrogen and oxygen atoms in total. The second-order valence-electron chi connectivity index (χ2n) is 5.41. The van der Waals surface area contributed by atoms with E-state index in [9.17, 15) is 14.4 Å². The Labute approximate surface area is 135 Å². The first-order chi connectivity index (χ1) is 11.0. The van der Waals surface area contributed by atoms with Crippen LogP contribution in [0.3, 0.4) is 0 Å². The zero-order valence-corrected chi connectivity index (χ0v) is 13.4. The summed E-state index contributed by atoms with van der Waals surface area (Å²) in [4.78, 5) is 36.6. The van der Waals surface area contributed by atoms with E-state index in [1.165, 1.54) is 0 Å². The lowest BCUT2D eigenvalue weighted by molar-refractivity contribution is -0.120. The van der Waals surface area contributed by atoms with Gasteiger partial charge in [0, 0.05) is 30.9 Å². The van der Waals surface area contributed by atoms with Crippen LogP contribution in [0, 0.1) is 0 Å². The third-order valence-electron chi connectivity index (χ3n) is 3.60. The van der Waals surface area contributed by atoms with Crippen LogP contribution in [0.1, 0.15) is 26.7 Å². The van der Waals surface area contributed by atoms with E-state index < -0.39 is 18.0 Å². The lowest BCUT2D eigenvalue weighted by Gasteiger charge is -2.18. The van der Waals surface area contributed by atoms with Gasteiger partial charge >= 0.3 is 6.03 Å². The average Bonchev–Trinajstić information content (AvgIpc) is 2.94. The molecule has 23 heavy (non-hydrogen) atoms. The predicted octanol–water partition coefficient (Wildman–Crippen LogP) is 1.46. The van der Waals surface area contributed by atoms with Crippen LogP contribution in [0.2, 0.25) is 0 Å². The second kappa shape index (κ2) is 7.62. The molecule has 2 rings (SSSR count). The molecule has 1 saturated heterocycles. The van der Waals surface area contributed by atoms with Crippen LogP contribution in [-0.2, 0) is 9.59 Å². The normalized spacial score (nSPS) is 15.2. The highest BCUT2D eigenvalue weighted by Crippen LogP contribution is 2.23. The lowest BCUT2D eigenvalue weighted by atomic mass is 10.2. The van der Waals surface area contributed by atoms with Gasteiger partial charge < -0.3 is 15.5 Å². The van der Waals surface area contributed by atoms with E-state index in [0.717, 1.165) is 24.3 Å². The molecule has 1 atom stereocenters. The van der Waals surface area contributed by atoms with Crippen LogP contribution in [0.15, 0.2) is 24.3 Å². The van der Waals surface area contributed by atoms with Gasteiger partial charge in [0.2, 0.25) is 11.8 Å². The molecule has 0 aliphatic carbocycles. The first-order valence-corrected chi connectivity index (χ1v) is 7.77. The molecule has 0 spiro atoms. The molecule has 1 aliphatic heterocycles. The number of hydrogen-bond acceptors (Lipinski definition) is 4. The zero-order chi connectivity index (χ0) is 16.8. The summed E-state index contributed by atoms with van der Waals surface area (Å²) in [6.07, 6.45) is 1.48. The first-order valence-electron chi connectivity index (χ1n) is 7.77. The van der Waals surface area contributed by atoms with Crippen molar-refractivity contribution < 1.29 is 14.4 Å². The molecular formula is C16H22N4O3. The van der Waals surface area contributed by atoms with E-state index in [0.29, 0.717) is 13.0 Å². The maximum atomic E-state index is 11.9. The fourth-order valence-corrected chi connectivity index (χ4v) is 2.40. The minimum atomic E-state index is -0.558. The van der Waals surface area contributed by atoms with E-state index in [1.54, 1.807) is 18.7 Å². The van der Waals surface area contributed by atoms with Crippen LogP contribution < -0.4 is 20.9 Å². The van der Waals surface area contributed by atoms with Gasteiger partial charge in [-0.15, -0.1) is 0 Å². The maximum Gasteiger partial charge on any atom is 0.321 e. The van der Waals surface area contributed by atoms with Crippen molar-refractivity contribution in [3.8, 4) is 0 Å². The average molecular weight is 318 g/mol. The highest BCUT2D eigenvalue weighted by atomic mass is 16.2. The van der Waals surface area contributed by atoms with Crippen LogP contribution in [0.25, 0.3) is 0 Å². The van der Waals surface area contributed by atoms with Crippen molar-refractivity contribution in [2.24, 2.45) is 0 Å². The molecule has 1 heterocycles. The second-order valence-corrected chi connectivity index (χ2v) is 5.41. The monoisotopic (exact) mass is 318 g/mol. The van der Waals surface area contributed by atoms with Gasteiger partial charge in [-0.25, -0.2) is 4.79 Å². The molecule has 1 aromatic rings. The third kappa shape index (κ3) is 4.45. The number of anilines is 2. The van der Waals surface area contributed by atoms with Crippen molar-refractivity contribution in [2.45, 2.75) is 32.7 Å². The van der Waals surface area contributed by atoms with Gasteiger partial charge in [-0.05, 0) is 44.5 Å². The number of benzene rings is 1. The molecule has 7 heteroatoms. The summed E-state index contributed by atoms with van der Waals surface area (Å²) in [6, 6.07) is 6.26. The SMILES string of the molecule is CCNC(=O)NC(=O)C(C)Nc1ccc(N2CCCC2=O)cc1. The lowest BCUT2D eigenvalue weighted by Crippen LogP contribution is -2.45. The highest BCUT2D eigenvalue weighted by Gasteiger charge is 2.21. The standard InChI is InChI=1S/C16H22N4O3/c1-3-17-16(23)19-15(22)11(2)18-12-6-8-13(9-7-12)20-10-4-5-14(20)21/h6-9,11,18H,3-5,10H2,1-2H3,(H2,17,19,22,23).